The maximum absolute atomic E-state index is 13.1. The lowest BCUT2D eigenvalue weighted by Gasteiger charge is -2.35. The van der Waals surface area contributed by atoms with Crippen molar-refractivity contribution in [3.63, 3.8) is 0 Å². The largest absolute Gasteiger partial charge is 0.342 e. The highest BCUT2D eigenvalue weighted by Gasteiger charge is 2.31. The van der Waals surface area contributed by atoms with Gasteiger partial charge in [-0.15, -0.1) is 5.10 Å². The first kappa shape index (κ1) is 21.1. The van der Waals surface area contributed by atoms with Crippen LogP contribution in [0.15, 0.2) is 29.1 Å². The van der Waals surface area contributed by atoms with Crippen molar-refractivity contribution < 1.29 is 4.79 Å². The molecule has 1 saturated heterocycles. The number of nitrogens with one attached hydrogen (secondary N) is 1. The van der Waals surface area contributed by atoms with Gasteiger partial charge in [-0.05, 0) is 43.4 Å². The van der Waals surface area contributed by atoms with E-state index in [-0.39, 0.29) is 28.8 Å². The van der Waals surface area contributed by atoms with Crippen molar-refractivity contribution in [1.29, 1.82) is 0 Å². The van der Waals surface area contributed by atoms with E-state index in [9.17, 15) is 9.59 Å². The number of hydrogen-bond donors (Lipinski definition) is 1. The fraction of sp³-hybridized carbons (Fsp3) is 0.522. The first-order valence-electron chi connectivity index (χ1n) is 11.4. The summed E-state index contributed by atoms with van der Waals surface area (Å²) in [6, 6.07) is 7.50. The Balaban J connectivity index is 1.40. The van der Waals surface area contributed by atoms with E-state index in [1.54, 1.807) is 4.68 Å². The Morgan fingerprint density at radius 1 is 1.16 bits per heavy atom. The van der Waals surface area contributed by atoms with E-state index in [4.69, 9.17) is 16.6 Å². The SMILES string of the molecule is O=C(C1CCCCC1)N1CCCC(c2nc3c(nnn3Cc3cccc(Cl)c3)c(=O)[nH]2)C1. The number of hydrogen-bond acceptors (Lipinski definition) is 5. The number of carbonyl (C=O) groups is 1. The Morgan fingerprint density at radius 2 is 2.00 bits per heavy atom. The fourth-order valence-corrected chi connectivity index (χ4v) is 5.21. The van der Waals surface area contributed by atoms with Crippen LogP contribution in [-0.4, -0.2) is 48.9 Å². The van der Waals surface area contributed by atoms with Crippen LogP contribution in [0, 0.1) is 5.92 Å². The van der Waals surface area contributed by atoms with E-state index in [1.165, 1.54) is 6.42 Å². The van der Waals surface area contributed by atoms with Crippen molar-refractivity contribution in [3.05, 3.63) is 51.0 Å². The van der Waals surface area contributed by atoms with E-state index in [2.05, 4.69) is 15.3 Å². The number of halogens is 1. The number of aromatic amines is 1. The molecule has 0 spiro atoms. The van der Waals surface area contributed by atoms with Gasteiger partial charge in [0.2, 0.25) is 5.91 Å². The van der Waals surface area contributed by atoms with Crippen LogP contribution >= 0.6 is 11.6 Å². The number of nitrogens with zero attached hydrogens (tertiary/aromatic N) is 5. The predicted octanol–water partition coefficient (Wildman–Crippen LogP) is 3.50. The number of aromatic nitrogens is 5. The number of amides is 1. The van der Waals surface area contributed by atoms with Gasteiger partial charge in [0, 0.05) is 29.9 Å². The lowest BCUT2D eigenvalue weighted by Crippen LogP contribution is -2.43. The van der Waals surface area contributed by atoms with Crippen molar-refractivity contribution in [2.75, 3.05) is 13.1 Å². The van der Waals surface area contributed by atoms with Crippen LogP contribution < -0.4 is 5.56 Å². The molecule has 1 aliphatic heterocycles. The van der Waals surface area contributed by atoms with E-state index < -0.39 is 0 Å². The molecule has 1 amide bonds. The lowest BCUT2D eigenvalue weighted by molar-refractivity contribution is -0.137. The topological polar surface area (TPSA) is 96.8 Å². The van der Waals surface area contributed by atoms with E-state index in [1.807, 2.05) is 29.2 Å². The Hall–Kier alpha value is -2.74. The van der Waals surface area contributed by atoms with E-state index >= 15 is 0 Å². The van der Waals surface area contributed by atoms with Crippen molar-refractivity contribution >= 4 is 28.7 Å². The molecule has 9 heteroatoms. The molecule has 0 bridgehead atoms. The van der Waals surface area contributed by atoms with Gasteiger partial charge in [0.25, 0.3) is 5.56 Å². The molecular weight excluding hydrogens is 428 g/mol. The van der Waals surface area contributed by atoms with Crippen LogP contribution in [0.1, 0.15) is 62.3 Å². The van der Waals surface area contributed by atoms with Crippen LogP contribution in [-0.2, 0) is 11.3 Å². The highest BCUT2D eigenvalue weighted by molar-refractivity contribution is 6.30. The number of likely N-dealkylation sites (tertiary alicyclic amines) is 1. The van der Waals surface area contributed by atoms with Gasteiger partial charge < -0.3 is 9.88 Å². The minimum atomic E-state index is -0.293. The highest BCUT2D eigenvalue weighted by atomic mass is 35.5. The monoisotopic (exact) mass is 454 g/mol. The van der Waals surface area contributed by atoms with Gasteiger partial charge in [0.1, 0.15) is 5.82 Å². The van der Waals surface area contributed by atoms with Crippen molar-refractivity contribution in [3.8, 4) is 0 Å². The van der Waals surface area contributed by atoms with Crippen LogP contribution in [0.2, 0.25) is 5.02 Å². The van der Waals surface area contributed by atoms with Gasteiger partial charge in [-0.3, -0.25) is 9.59 Å². The standard InChI is InChI=1S/C23H27ClN6O2/c24-18-10-4-6-15(12-18)13-30-21-19(27-28-30)22(31)26-20(25-21)17-9-5-11-29(14-17)23(32)16-7-2-1-3-8-16/h4,6,10,12,16-17H,1-3,5,7-9,11,13-14H2,(H,25,26,31). The van der Waals surface area contributed by atoms with Crippen LogP contribution in [0.5, 0.6) is 0 Å². The quantitative estimate of drug-likeness (QED) is 0.650. The Labute approximate surface area is 191 Å². The summed E-state index contributed by atoms with van der Waals surface area (Å²) in [5.74, 6) is 1.03. The van der Waals surface area contributed by atoms with E-state index in [0.717, 1.165) is 50.6 Å². The van der Waals surface area contributed by atoms with Crippen molar-refractivity contribution in [1.82, 2.24) is 29.9 Å². The number of H-pyrrole nitrogens is 1. The third kappa shape index (κ3) is 4.28. The second-order valence-corrected chi connectivity index (χ2v) is 9.40. The maximum Gasteiger partial charge on any atom is 0.281 e. The van der Waals surface area contributed by atoms with Crippen LogP contribution in [0.25, 0.3) is 11.2 Å². The van der Waals surface area contributed by atoms with Gasteiger partial charge in [-0.25, -0.2) is 9.67 Å². The van der Waals surface area contributed by atoms with Gasteiger partial charge in [-0.2, -0.15) is 0 Å². The number of piperidine rings is 1. The van der Waals surface area contributed by atoms with Gasteiger partial charge in [-0.1, -0.05) is 48.2 Å². The zero-order chi connectivity index (χ0) is 22.1. The molecule has 1 saturated carbocycles. The number of carbonyl (C=O) groups excluding carboxylic acids is 1. The molecule has 1 unspecified atom stereocenters. The Morgan fingerprint density at radius 3 is 2.81 bits per heavy atom. The maximum atomic E-state index is 13.1. The normalized spacial score (nSPS) is 20.0. The van der Waals surface area contributed by atoms with E-state index in [0.29, 0.717) is 29.6 Å². The average Bonchev–Trinajstić information content (AvgIpc) is 3.22. The first-order chi connectivity index (χ1) is 15.6. The third-order valence-electron chi connectivity index (χ3n) is 6.69. The smallest absolute Gasteiger partial charge is 0.281 e. The number of rotatable bonds is 4. The molecule has 1 aliphatic carbocycles. The molecule has 8 nitrogen and oxygen atoms in total. The Kier molecular flexibility index (Phi) is 5.95. The molecule has 168 valence electrons. The van der Waals surface area contributed by atoms with Crippen LogP contribution in [0.4, 0.5) is 0 Å². The summed E-state index contributed by atoms with van der Waals surface area (Å²) >= 11 is 6.10. The average molecular weight is 455 g/mol. The first-order valence-corrected chi connectivity index (χ1v) is 11.8. The van der Waals surface area contributed by atoms with Crippen molar-refractivity contribution in [2.45, 2.75) is 57.4 Å². The third-order valence-corrected chi connectivity index (χ3v) is 6.92. The molecular formula is C23H27ClN6O2. The zero-order valence-corrected chi connectivity index (χ0v) is 18.7. The second-order valence-electron chi connectivity index (χ2n) is 8.96. The lowest BCUT2D eigenvalue weighted by atomic mass is 9.87. The molecule has 1 atom stereocenters. The predicted molar refractivity (Wildman–Crippen MR) is 122 cm³/mol. The summed E-state index contributed by atoms with van der Waals surface area (Å²) in [7, 11) is 0. The second kappa shape index (κ2) is 9.02. The molecule has 2 aliphatic rings. The number of fused-ring (bicyclic) bond motifs is 1. The highest BCUT2D eigenvalue weighted by Crippen LogP contribution is 2.30. The Bertz CT molecular complexity index is 1180. The molecule has 1 aromatic carbocycles. The van der Waals surface area contributed by atoms with Crippen LogP contribution in [0.3, 0.4) is 0 Å². The molecule has 2 aromatic heterocycles. The van der Waals surface area contributed by atoms with Gasteiger partial charge >= 0.3 is 0 Å². The molecule has 0 radical (unpaired) electrons. The zero-order valence-electron chi connectivity index (χ0n) is 18.0. The number of benzene rings is 1. The summed E-state index contributed by atoms with van der Waals surface area (Å²) in [5, 5.41) is 8.83. The minimum Gasteiger partial charge on any atom is -0.342 e. The molecule has 2 fully saturated rings. The summed E-state index contributed by atoms with van der Waals surface area (Å²) in [6.45, 7) is 1.80. The molecule has 3 aromatic rings. The summed E-state index contributed by atoms with van der Waals surface area (Å²) in [5.41, 5.74) is 1.34. The van der Waals surface area contributed by atoms with Gasteiger partial charge in [0.15, 0.2) is 11.2 Å². The minimum absolute atomic E-state index is 0.00269. The van der Waals surface area contributed by atoms with Crippen molar-refractivity contribution in [2.24, 2.45) is 5.92 Å². The molecule has 5 rings (SSSR count). The fourth-order valence-electron chi connectivity index (χ4n) is 5.00. The molecule has 3 heterocycles. The molecule has 32 heavy (non-hydrogen) atoms. The summed E-state index contributed by atoms with van der Waals surface area (Å²) in [6.07, 6.45) is 7.30. The summed E-state index contributed by atoms with van der Waals surface area (Å²) < 4.78 is 1.63. The van der Waals surface area contributed by atoms with Gasteiger partial charge in [0.05, 0.1) is 6.54 Å². The molecule has 1 N–H and O–H groups in total. The summed E-state index contributed by atoms with van der Waals surface area (Å²) in [4.78, 5) is 35.4.